The van der Waals surface area contributed by atoms with Crippen LogP contribution in [0, 0.1) is 5.92 Å². The molecule has 0 aliphatic carbocycles. The molecule has 0 radical (unpaired) electrons. The Kier molecular flexibility index (Phi) is 5.57. The Labute approximate surface area is 158 Å². The fourth-order valence-corrected chi connectivity index (χ4v) is 3.95. The summed E-state index contributed by atoms with van der Waals surface area (Å²) in [7, 11) is 6.43. The first-order valence-electron chi connectivity index (χ1n) is 9.61. The second-order valence-corrected chi connectivity index (χ2v) is 8.37. The van der Waals surface area contributed by atoms with Crippen LogP contribution < -0.4 is 9.47 Å². The molecule has 3 nitrogen and oxygen atoms in total. The molecule has 0 saturated carbocycles. The molecule has 1 heterocycles. The Morgan fingerprint density at radius 3 is 2.46 bits per heavy atom. The smallest absolute Gasteiger partial charge is 0.162 e. The number of likely N-dealkylation sites (N-methyl/N-ethyl adjacent to an activating group) is 1. The van der Waals surface area contributed by atoms with Gasteiger partial charge in [-0.3, -0.25) is 0 Å². The standard InChI is InChI=1S/C23H32NO2/c1-17(2)13-21-20-15-23(26-16-18-9-7-6-8-10-18)22(25-5)14-19(20)11-12-24(21,3)4/h6-10,14-15,17,21H,11-13,16H2,1-5H3/q+1. The highest BCUT2D eigenvalue weighted by Gasteiger charge is 2.37. The number of fused-ring (bicyclic) bond motifs is 1. The van der Waals surface area contributed by atoms with E-state index >= 15 is 0 Å². The molecule has 1 unspecified atom stereocenters. The first-order valence-corrected chi connectivity index (χ1v) is 9.61. The van der Waals surface area contributed by atoms with E-state index in [0.717, 1.165) is 28.9 Å². The zero-order chi connectivity index (χ0) is 18.7. The highest BCUT2D eigenvalue weighted by molar-refractivity contribution is 5.49. The van der Waals surface area contributed by atoms with Crippen LogP contribution >= 0.6 is 0 Å². The molecule has 0 bridgehead atoms. The third-order valence-electron chi connectivity index (χ3n) is 5.52. The summed E-state index contributed by atoms with van der Waals surface area (Å²) >= 11 is 0. The summed E-state index contributed by atoms with van der Waals surface area (Å²) in [5.41, 5.74) is 4.01. The van der Waals surface area contributed by atoms with Gasteiger partial charge in [0.05, 0.1) is 27.7 Å². The van der Waals surface area contributed by atoms with E-state index < -0.39 is 0 Å². The van der Waals surface area contributed by atoms with Gasteiger partial charge in [-0.25, -0.2) is 0 Å². The Hall–Kier alpha value is -2.00. The third kappa shape index (κ3) is 4.04. The summed E-state index contributed by atoms with van der Waals surface area (Å²) in [6.45, 7) is 6.34. The first-order chi connectivity index (χ1) is 12.4. The minimum absolute atomic E-state index is 0.503. The topological polar surface area (TPSA) is 18.5 Å². The number of nitrogens with zero attached hydrogens (tertiary/aromatic N) is 1. The highest BCUT2D eigenvalue weighted by Crippen LogP contribution is 2.42. The van der Waals surface area contributed by atoms with Crippen LogP contribution in [0.2, 0.25) is 0 Å². The van der Waals surface area contributed by atoms with Crippen LogP contribution in [0.15, 0.2) is 42.5 Å². The van der Waals surface area contributed by atoms with Gasteiger partial charge in [0.15, 0.2) is 11.5 Å². The summed E-state index contributed by atoms with van der Waals surface area (Å²) < 4.78 is 12.8. The van der Waals surface area contributed by atoms with Gasteiger partial charge in [-0.05, 0) is 29.2 Å². The zero-order valence-corrected chi connectivity index (χ0v) is 16.8. The van der Waals surface area contributed by atoms with Gasteiger partial charge >= 0.3 is 0 Å². The number of quaternary nitrogens is 1. The number of methoxy groups -OCH3 is 1. The number of hydrogen-bond acceptors (Lipinski definition) is 2. The zero-order valence-electron chi connectivity index (χ0n) is 16.8. The molecule has 0 fully saturated rings. The maximum absolute atomic E-state index is 6.17. The quantitative estimate of drug-likeness (QED) is 0.680. The van der Waals surface area contributed by atoms with E-state index in [1.165, 1.54) is 23.1 Å². The van der Waals surface area contributed by atoms with Crippen molar-refractivity contribution in [1.82, 2.24) is 0 Å². The minimum atomic E-state index is 0.503. The largest absolute Gasteiger partial charge is 0.493 e. The molecule has 0 aromatic heterocycles. The highest BCUT2D eigenvalue weighted by atomic mass is 16.5. The lowest BCUT2D eigenvalue weighted by Gasteiger charge is -2.43. The van der Waals surface area contributed by atoms with E-state index in [-0.39, 0.29) is 0 Å². The molecule has 1 atom stereocenters. The first kappa shape index (κ1) is 18.8. The van der Waals surface area contributed by atoms with E-state index in [4.69, 9.17) is 9.47 Å². The molecular formula is C23H32NO2+. The van der Waals surface area contributed by atoms with Crippen molar-refractivity contribution in [1.29, 1.82) is 0 Å². The van der Waals surface area contributed by atoms with E-state index in [0.29, 0.717) is 18.6 Å². The van der Waals surface area contributed by atoms with Crippen molar-refractivity contribution in [3.8, 4) is 11.5 Å². The molecule has 0 saturated heterocycles. The average molecular weight is 355 g/mol. The summed E-state index contributed by atoms with van der Waals surface area (Å²) in [5.74, 6) is 2.36. The van der Waals surface area contributed by atoms with Crippen LogP contribution in [0.4, 0.5) is 0 Å². The minimum Gasteiger partial charge on any atom is -0.493 e. The Bertz CT molecular complexity index is 737. The molecule has 2 aromatic rings. The summed E-state index contributed by atoms with van der Waals surface area (Å²) in [6, 6.07) is 15.2. The average Bonchev–Trinajstić information content (AvgIpc) is 2.62. The molecule has 0 spiro atoms. The lowest BCUT2D eigenvalue weighted by atomic mass is 9.86. The van der Waals surface area contributed by atoms with Crippen LogP contribution in [0.5, 0.6) is 11.5 Å². The van der Waals surface area contributed by atoms with Gasteiger partial charge < -0.3 is 14.0 Å². The Morgan fingerprint density at radius 2 is 1.81 bits per heavy atom. The number of rotatable bonds is 6. The Balaban J connectivity index is 1.93. The van der Waals surface area contributed by atoms with Crippen LogP contribution in [-0.4, -0.2) is 32.2 Å². The molecule has 3 rings (SSSR count). The maximum atomic E-state index is 6.17. The van der Waals surface area contributed by atoms with E-state index in [1.54, 1.807) is 7.11 Å². The number of benzene rings is 2. The van der Waals surface area contributed by atoms with Crippen LogP contribution in [-0.2, 0) is 13.0 Å². The molecule has 1 aliphatic rings. The van der Waals surface area contributed by atoms with Crippen molar-refractivity contribution in [3.05, 3.63) is 59.2 Å². The monoisotopic (exact) mass is 354 g/mol. The number of ether oxygens (including phenoxy) is 2. The fourth-order valence-electron chi connectivity index (χ4n) is 3.95. The SMILES string of the molecule is COc1cc2c(cc1OCc1ccccc1)C(CC(C)C)[N+](C)(C)CC2. The molecule has 2 aromatic carbocycles. The van der Waals surface area contributed by atoms with Gasteiger partial charge in [0.2, 0.25) is 0 Å². The predicted octanol–water partition coefficient (Wildman–Crippen LogP) is 4.99. The van der Waals surface area contributed by atoms with Crippen LogP contribution in [0.1, 0.15) is 43.0 Å². The predicted molar refractivity (Wildman–Crippen MR) is 107 cm³/mol. The molecular weight excluding hydrogens is 322 g/mol. The van der Waals surface area contributed by atoms with Crippen molar-refractivity contribution in [2.45, 2.75) is 39.3 Å². The van der Waals surface area contributed by atoms with Gasteiger partial charge in [0.1, 0.15) is 12.6 Å². The molecule has 26 heavy (non-hydrogen) atoms. The van der Waals surface area contributed by atoms with E-state index in [9.17, 15) is 0 Å². The lowest BCUT2D eigenvalue weighted by Crippen LogP contribution is -2.48. The third-order valence-corrected chi connectivity index (χ3v) is 5.52. The van der Waals surface area contributed by atoms with Crippen molar-refractivity contribution >= 4 is 0 Å². The fraction of sp³-hybridized carbons (Fsp3) is 0.478. The second kappa shape index (κ2) is 7.71. The molecule has 0 amide bonds. The molecule has 140 valence electrons. The second-order valence-electron chi connectivity index (χ2n) is 8.37. The summed E-state index contributed by atoms with van der Waals surface area (Å²) in [4.78, 5) is 0. The molecule has 0 N–H and O–H groups in total. The van der Waals surface area contributed by atoms with Crippen molar-refractivity contribution in [2.75, 3.05) is 27.7 Å². The summed E-state index contributed by atoms with van der Waals surface area (Å²) in [6.07, 6.45) is 2.27. The summed E-state index contributed by atoms with van der Waals surface area (Å²) in [5, 5.41) is 0. The van der Waals surface area contributed by atoms with Crippen LogP contribution in [0.3, 0.4) is 0 Å². The normalized spacial score (nSPS) is 18.5. The van der Waals surface area contributed by atoms with E-state index in [2.05, 4.69) is 52.2 Å². The van der Waals surface area contributed by atoms with Crippen molar-refractivity contribution in [3.63, 3.8) is 0 Å². The van der Waals surface area contributed by atoms with Gasteiger partial charge in [0.25, 0.3) is 0 Å². The Morgan fingerprint density at radius 1 is 1.08 bits per heavy atom. The van der Waals surface area contributed by atoms with Gasteiger partial charge in [0, 0.05) is 18.4 Å². The lowest BCUT2D eigenvalue weighted by molar-refractivity contribution is -0.924. The number of hydrogen-bond donors (Lipinski definition) is 0. The van der Waals surface area contributed by atoms with Crippen LogP contribution in [0.25, 0.3) is 0 Å². The molecule has 1 aliphatic heterocycles. The van der Waals surface area contributed by atoms with Crippen molar-refractivity contribution < 1.29 is 14.0 Å². The van der Waals surface area contributed by atoms with Gasteiger partial charge in [-0.15, -0.1) is 0 Å². The van der Waals surface area contributed by atoms with Gasteiger partial charge in [-0.2, -0.15) is 0 Å². The maximum Gasteiger partial charge on any atom is 0.162 e. The molecule has 3 heteroatoms. The van der Waals surface area contributed by atoms with Gasteiger partial charge in [-0.1, -0.05) is 44.2 Å². The van der Waals surface area contributed by atoms with Crippen molar-refractivity contribution in [2.24, 2.45) is 5.92 Å². The van der Waals surface area contributed by atoms with E-state index in [1.807, 2.05) is 18.2 Å².